The number of rotatable bonds is 9. The van der Waals surface area contributed by atoms with E-state index in [1.807, 2.05) is 24.4 Å². The van der Waals surface area contributed by atoms with Crippen LogP contribution in [0.3, 0.4) is 0 Å². The Hall–Kier alpha value is -1.31. The smallest absolute Gasteiger partial charge is 0.122 e. The highest BCUT2D eigenvalue weighted by molar-refractivity contribution is 5.22. The monoisotopic (exact) mass is 233 g/mol. The van der Waals surface area contributed by atoms with Crippen LogP contribution in [0.5, 0.6) is 5.75 Å². The van der Waals surface area contributed by atoms with Crippen molar-refractivity contribution in [2.24, 2.45) is 0 Å². The number of ether oxygens (including phenoxy) is 1. The van der Waals surface area contributed by atoms with Crippen LogP contribution in [0.1, 0.15) is 44.2 Å². The molecule has 1 aromatic rings. The number of allylic oxidation sites excluding steroid dienone is 1. The van der Waals surface area contributed by atoms with Crippen LogP contribution in [0, 0.1) is 0 Å². The summed E-state index contributed by atoms with van der Waals surface area (Å²) in [6.45, 7) is 3.73. The first-order chi connectivity index (χ1) is 8.36. The third-order valence-electron chi connectivity index (χ3n) is 2.86. The van der Waals surface area contributed by atoms with E-state index in [-0.39, 0.29) is 0 Å². The fourth-order valence-corrected chi connectivity index (χ4v) is 1.84. The predicted octanol–water partition coefficient (Wildman–Crippen LogP) is 4.16. The van der Waals surface area contributed by atoms with Crippen molar-refractivity contribution in [1.29, 1.82) is 0 Å². The lowest BCUT2D eigenvalue weighted by molar-refractivity contribution is 0.413. The van der Waals surface area contributed by atoms with Crippen molar-refractivity contribution in [3.05, 3.63) is 36.7 Å². The molecule has 2 nitrogen and oxygen atoms in total. The zero-order valence-corrected chi connectivity index (χ0v) is 10.8. The van der Waals surface area contributed by atoms with Gasteiger partial charge in [-0.1, -0.05) is 25.3 Å². The van der Waals surface area contributed by atoms with Gasteiger partial charge in [0.15, 0.2) is 0 Å². The summed E-state index contributed by atoms with van der Waals surface area (Å²) in [5, 5.41) is 0. The summed E-state index contributed by atoms with van der Waals surface area (Å²) < 4.78 is 5.18. The normalized spacial score (nSPS) is 10.2. The van der Waals surface area contributed by atoms with Crippen LogP contribution >= 0.6 is 0 Å². The Bertz CT molecular complexity index is 322. The Morgan fingerprint density at radius 1 is 1.24 bits per heavy atom. The molecular formula is C15H23NO. The lowest BCUT2D eigenvalue weighted by atomic mass is 10.1. The lowest BCUT2D eigenvalue weighted by Gasteiger charge is -2.03. The molecule has 0 N–H and O–H groups in total. The molecule has 1 aromatic heterocycles. The number of aromatic nitrogens is 1. The Morgan fingerprint density at radius 3 is 2.76 bits per heavy atom. The van der Waals surface area contributed by atoms with Gasteiger partial charge >= 0.3 is 0 Å². The van der Waals surface area contributed by atoms with Crippen molar-refractivity contribution in [3.63, 3.8) is 0 Å². The van der Waals surface area contributed by atoms with E-state index in [0.717, 1.165) is 24.3 Å². The summed E-state index contributed by atoms with van der Waals surface area (Å²) in [6, 6.07) is 3.91. The number of hydrogen-bond acceptors (Lipinski definition) is 2. The molecule has 0 fully saturated rings. The van der Waals surface area contributed by atoms with Crippen LogP contribution < -0.4 is 4.74 Å². The van der Waals surface area contributed by atoms with Gasteiger partial charge in [0.25, 0.3) is 0 Å². The molecule has 94 valence electrons. The highest BCUT2D eigenvalue weighted by Crippen LogP contribution is 2.13. The van der Waals surface area contributed by atoms with E-state index in [4.69, 9.17) is 4.74 Å². The molecule has 0 atom stereocenters. The second-order valence-corrected chi connectivity index (χ2v) is 4.28. The molecule has 0 amide bonds. The number of unbranched alkanes of at least 4 members (excludes halogenated alkanes) is 5. The number of hydrogen-bond donors (Lipinski definition) is 0. The average molecular weight is 233 g/mol. The maximum absolute atomic E-state index is 5.18. The van der Waals surface area contributed by atoms with Gasteiger partial charge in [0.1, 0.15) is 5.75 Å². The van der Waals surface area contributed by atoms with Crippen LogP contribution in [-0.2, 0) is 6.42 Å². The third kappa shape index (κ3) is 6.10. The Morgan fingerprint density at radius 2 is 2.00 bits per heavy atom. The Kier molecular flexibility index (Phi) is 7.12. The standard InChI is InChI=1S/C15H23NO/c1-3-4-5-6-7-8-9-10-14-13-15(17-2)11-12-16-14/h3,11-13H,1,4-10H2,2H3. The zero-order chi connectivity index (χ0) is 12.3. The maximum atomic E-state index is 5.18. The summed E-state index contributed by atoms with van der Waals surface area (Å²) >= 11 is 0. The Labute approximate surface area is 105 Å². The zero-order valence-electron chi connectivity index (χ0n) is 10.8. The van der Waals surface area contributed by atoms with Crippen LogP contribution in [0.15, 0.2) is 31.0 Å². The molecule has 0 aliphatic carbocycles. The van der Waals surface area contributed by atoms with Crippen LogP contribution in [0.4, 0.5) is 0 Å². The summed E-state index contributed by atoms with van der Waals surface area (Å²) in [6.07, 6.45) is 12.4. The van der Waals surface area contributed by atoms with Gasteiger partial charge in [-0.05, 0) is 31.7 Å². The van der Waals surface area contributed by atoms with Gasteiger partial charge in [-0.3, -0.25) is 4.98 Å². The first-order valence-corrected chi connectivity index (χ1v) is 6.46. The number of nitrogens with zero attached hydrogens (tertiary/aromatic N) is 1. The average Bonchev–Trinajstić information content (AvgIpc) is 2.38. The second-order valence-electron chi connectivity index (χ2n) is 4.28. The molecular weight excluding hydrogens is 210 g/mol. The van der Waals surface area contributed by atoms with Crippen molar-refractivity contribution in [3.8, 4) is 5.75 Å². The Balaban J connectivity index is 2.11. The molecule has 0 unspecified atom stereocenters. The van der Waals surface area contributed by atoms with Gasteiger partial charge in [-0.25, -0.2) is 0 Å². The van der Waals surface area contributed by atoms with E-state index in [1.165, 1.54) is 32.1 Å². The van der Waals surface area contributed by atoms with Gasteiger partial charge in [0, 0.05) is 18.0 Å². The largest absolute Gasteiger partial charge is 0.497 e. The van der Waals surface area contributed by atoms with E-state index in [2.05, 4.69) is 11.6 Å². The van der Waals surface area contributed by atoms with Gasteiger partial charge in [0.05, 0.1) is 7.11 Å². The first-order valence-electron chi connectivity index (χ1n) is 6.46. The van der Waals surface area contributed by atoms with Crippen molar-refractivity contribution in [2.45, 2.75) is 44.9 Å². The first kappa shape index (κ1) is 13.8. The van der Waals surface area contributed by atoms with Crippen molar-refractivity contribution < 1.29 is 4.74 Å². The van der Waals surface area contributed by atoms with Crippen molar-refractivity contribution in [2.75, 3.05) is 7.11 Å². The van der Waals surface area contributed by atoms with E-state index in [9.17, 15) is 0 Å². The minimum absolute atomic E-state index is 0.904. The van der Waals surface area contributed by atoms with Crippen molar-refractivity contribution >= 4 is 0 Å². The highest BCUT2D eigenvalue weighted by atomic mass is 16.5. The molecule has 0 bridgehead atoms. The molecule has 0 spiro atoms. The molecule has 0 radical (unpaired) electrons. The van der Waals surface area contributed by atoms with Gasteiger partial charge in [-0.15, -0.1) is 6.58 Å². The van der Waals surface area contributed by atoms with Crippen molar-refractivity contribution in [1.82, 2.24) is 4.98 Å². The van der Waals surface area contributed by atoms with Crippen LogP contribution in [0.2, 0.25) is 0 Å². The molecule has 1 rings (SSSR count). The predicted molar refractivity (Wildman–Crippen MR) is 72.4 cm³/mol. The fourth-order valence-electron chi connectivity index (χ4n) is 1.84. The number of pyridine rings is 1. The highest BCUT2D eigenvalue weighted by Gasteiger charge is 1.97. The van der Waals surface area contributed by atoms with E-state index in [1.54, 1.807) is 7.11 Å². The summed E-state index contributed by atoms with van der Waals surface area (Å²) in [7, 11) is 1.69. The number of aryl methyl sites for hydroxylation is 1. The second kappa shape index (κ2) is 8.80. The molecule has 2 heteroatoms. The summed E-state index contributed by atoms with van der Waals surface area (Å²) in [5.74, 6) is 0.904. The van der Waals surface area contributed by atoms with E-state index in [0.29, 0.717) is 0 Å². The van der Waals surface area contributed by atoms with Crippen LogP contribution in [0.25, 0.3) is 0 Å². The maximum Gasteiger partial charge on any atom is 0.122 e. The fraction of sp³-hybridized carbons (Fsp3) is 0.533. The summed E-state index contributed by atoms with van der Waals surface area (Å²) in [5.41, 5.74) is 1.13. The quantitative estimate of drug-likeness (QED) is 0.472. The minimum atomic E-state index is 0.904. The van der Waals surface area contributed by atoms with Gasteiger partial charge in [0.2, 0.25) is 0 Å². The molecule has 0 aromatic carbocycles. The van der Waals surface area contributed by atoms with Gasteiger partial charge < -0.3 is 4.74 Å². The summed E-state index contributed by atoms with van der Waals surface area (Å²) in [4.78, 5) is 4.34. The van der Waals surface area contributed by atoms with Crippen LogP contribution in [-0.4, -0.2) is 12.1 Å². The van der Waals surface area contributed by atoms with E-state index >= 15 is 0 Å². The molecule has 17 heavy (non-hydrogen) atoms. The number of methoxy groups -OCH3 is 1. The molecule has 0 aliphatic rings. The lowest BCUT2D eigenvalue weighted by Crippen LogP contribution is -1.92. The molecule has 0 aliphatic heterocycles. The molecule has 1 heterocycles. The minimum Gasteiger partial charge on any atom is -0.497 e. The SMILES string of the molecule is C=CCCCCCCCc1cc(OC)ccn1. The molecule has 0 saturated carbocycles. The van der Waals surface area contributed by atoms with Gasteiger partial charge in [-0.2, -0.15) is 0 Å². The third-order valence-corrected chi connectivity index (χ3v) is 2.86. The van der Waals surface area contributed by atoms with E-state index < -0.39 is 0 Å². The topological polar surface area (TPSA) is 22.1 Å². The molecule has 0 saturated heterocycles.